The van der Waals surface area contributed by atoms with Crippen LogP contribution >= 0.6 is 0 Å². The Balaban J connectivity index is 2.25. The molecule has 7 nitrogen and oxygen atoms in total. The highest BCUT2D eigenvalue weighted by Crippen LogP contribution is 2.21. The number of carboxylic acids is 1. The molecule has 1 heterocycles. The number of rotatable bonds is 8. The zero-order valence-electron chi connectivity index (χ0n) is 12.2. The van der Waals surface area contributed by atoms with E-state index in [1.165, 1.54) is 18.4 Å². The summed E-state index contributed by atoms with van der Waals surface area (Å²) < 4.78 is 31.9. The SMILES string of the molecule is C=CCNc1ccc(S(=O)(=O)NCc2ccco2)cc1C(=O)O. The Kier molecular flexibility index (Phi) is 5.20. The van der Waals surface area contributed by atoms with E-state index in [1.807, 2.05) is 0 Å². The topological polar surface area (TPSA) is 109 Å². The van der Waals surface area contributed by atoms with E-state index in [4.69, 9.17) is 4.42 Å². The molecule has 0 atom stereocenters. The molecule has 0 saturated carbocycles. The number of carbonyl (C=O) groups is 1. The van der Waals surface area contributed by atoms with Crippen LogP contribution in [0, 0.1) is 0 Å². The summed E-state index contributed by atoms with van der Waals surface area (Å²) in [7, 11) is -3.85. The van der Waals surface area contributed by atoms with Crippen LogP contribution in [0.1, 0.15) is 16.1 Å². The van der Waals surface area contributed by atoms with Gasteiger partial charge in [-0.05, 0) is 30.3 Å². The maximum absolute atomic E-state index is 12.2. The summed E-state index contributed by atoms with van der Waals surface area (Å²) in [6, 6.07) is 7.13. The molecule has 1 aromatic carbocycles. The lowest BCUT2D eigenvalue weighted by Crippen LogP contribution is -2.23. The van der Waals surface area contributed by atoms with Crippen LogP contribution in [0.25, 0.3) is 0 Å². The van der Waals surface area contributed by atoms with Crippen molar-refractivity contribution in [1.82, 2.24) is 4.72 Å². The van der Waals surface area contributed by atoms with Gasteiger partial charge >= 0.3 is 5.97 Å². The molecule has 0 fully saturated rings. The van der Waals surface area contributed by atoms with Crippen LogP contribution in [0.15, 0.2) is 58.6 Å². The Hall–Kier alpha value is -2.58. The average Bonchev–Trinajstić information content (AvgIpc) is 3.04. The summed E-state index contributed by atoms with van der Waals surface area (Å²) >= 11 is 0. The molecule has 0 aliphatic heterocycles. The van der Waals surface area contributed by atoms with Gasteiger partial charge in [-0.3, -0.25) is 0 Å². The van der Waals surface area contributed by atoms with Crippen molar-refractivity contribution in [3.05, 3.63) is 60.6 Å². The molecule has 2 aromatic rings. The lowest BCUT2D eigenvalue weighted by atomic mass is 10.2. The van der Waals surface area contributed by atoms with Gasteiger partial charge in [-0.25, -0.2) is 17.9 Å². The molecule has 3 N–H and O–H groups in total. The molecule has 8 heteroatoms. The Bertz CT molecular complexity index is 797. The average molecular weight is 336 g/mol. The van der Waals surface area contributed by atoms with Crippen LogP contribution in [0.4, 0.5) is 5.69 Å². The predicted octanol–water partition coefficient (Wildman–Crippen LogP) is 2.05. The van der Waals surface area contributed by atoms with Crippen LogP contribution in [-0.4, -0.2) is 26.0 Å². The highest BCUT2D eigenvalue weighted by atomic mass is 32.2. The fraction of sp³-hybridized carbons (Fsp3) is 0.133. The molecule has 0 amide bonds. The minimum absolute atomic E-state index is 0.0196. The molecule has 0 spiro atoms. The summed E-state index contributed by atoms with van der Waals surface area (Å²) in [6.45, 7) is 3.88. The third kappa shape index (κ3) is 4.21. The second kappa shape index (κ2) is 7.12. The van der Waals surface area contributed by atoms with Crippen LogP contribution in [0.5, 0.6) is 0 Å². The van der Waals surface area contributed by atoms with E-state index in [2.05, 4.69) is 16.6 Å². The van der Waals surface area contributed by atoms with E-state index in [0.29, 0.717) is 18.0 Å². The summed E-state index contributed by atoms with van der Waals surface area (Å²) in [4.78, 5) is 11.2. The van der Waals surface area contributed by atoms with Crippen LogP contribution in [0.3, 0.4) is 0 Å². The maximum Gasteiger partial charge on any atom is 0.337 e. The molecule has 0 radical (unpaired) electrons. The van der Waals surface area contributed by atoms with Gasteiger partial charge in [-0.15, -0.1) is 6.58 Å². The number of aromatic carboxylic acids is 1. The Morgan fingerprint density at radius 2 is 2.13 bits per heavy atom. The van der Waals surface area contributed by atoms with Crippen LogP contribution in [0.2, 0.25) is 0 Å². The highest BCUT2D eigenvalue weighted by Gasteiger charge is 2.19. The minimum Gasteiger partial charge on any atom is -0.478 e. The number of anilines is 1. The molecule has 0 aliphatic carbocycles. The van der Waals surface area contributed by atoms with Crippen molar-refractivity contribution in [2.24, 2.45) is 0 Å². The van der Waals surface area contributed by atoms with Crippen molar-refractivity contribution in [2.75, 3.05) is 11.9 Å². The summed E-state index contributed by atoms with van der Waals surface area (Å²) in [5.74, 6) is -0.768. The second-order valence-corrected chi connectivity index (χ2v) is 6.35. The fourth-order valence-electron chi connectivity index (χ4n) is 1.87. The number of furan rings is 1. The van der Waals surface area contributed by atoms with Gasteiger partial charge in [0.05, 0.1) is 23.3 Å². The van der Waals surface area contributed by atoms with Gasteiger partial charge in [0.25, 0.3) is 0 Å². The Labute approximate surface area is 133 Å². The molecule has 23 heavy (non-hydrogen) atoms. The van der Waals surface area contributed by atoms with Gasteiger partial charge in [-0.1, -0.05) is 6.08 Å². The highest BCUT2D eigenvalue weighted by molar-refractivity contribution is 7.89. The third-order valence-electron chi connectivity index (χ3n) is 2.99. The zero-order valence-corrected chi connectivity index (χ0v) is 13.0. The Morgan fingerprint density at radius 3 is 2.74 bits per heavy atom. The maximum atomic E-state index is 12.2. The molecule has 0 saturated heterocycles. The molecule has 0 bridgehead atoms. The van der Waals surface area contributed by atoms with Crippen LogP contribution < -0.4 is 10.0 Å². The second-order valence-electron chi connectivity index (χ2n) is 4.59. The molecule has 122 valence electrons. The molecule has 1 aromatic heterocycles. The smallest absolute Gasteiger partial charge is 0.337 e. The first-order valence-corrected chi connectivity index (χ1v) is 8.16. The van der Waals surface area contributed by atoms with Crippen molar-refractivity contribution in [2.45, 2.75) is 11.4 Å². The standard InChI is InChI=1S/C15H16N2O5S/c1-2-7-16-14-6-5-12(9-13(14)15(18)19)23(20,21)17-10-11-4-3-8-22-11/h2-6,8-9,16-17H,1,7,10H2,(H,18,19). The first kappa shape index (κ1) is 16.8. The molecular formula is C15H16N2O5S. The molecular weight excluding hydrogens is 320 g/mol. The largest absolute Gasteiger partial charge is 0.478 e. The van der Waals surface area contributed by atoms with Crippen LogP contribution in [-0.2, 0) is 16.6 Å². The lowest BCUT2D eigenvalue weighted by Gasteiger charge is -2.11. The van der Waals surface area contributed by atoms with Gasteiger partial charge in [0.15, 0.2) is 0 Å². The molecule has 0 unspecified atom stereocenters. The number of benzene rings is 1. The van der Waals surface area contributed by atoms with E-state index < -0.39 is 16.0 Å². The summed E-state index contributed by atoms with van der Waals surface area (Å²) in [6.07, 6.45) is 3.01. The predicted molar refractivity (Wildman–Crippen MR) is 84.8 cm³/mol. The van der Waals surface area contributed by atoms with Gasteiger partial charge in [0.2, 0.25) is 10.0 Å². The lowest BCUT2D eigenvalue weighted by molar-refractivity contribution is 0.0697. The van der Waals surface area contributed by atoms with Crippen molar-refractivity contribution >= 4 is 21.7 Å². The van der Waals surface area contributed by atoms with E-state index in [-0.39, 0.29) is 17.0 Å². The number of sulfonamides is 1. The fourth-order valence-corrected chi connectivity index (χ4v) is 2.89. The van der Waals surface area contributed by atoms with Crippen molar-refractivity contribution < 1.29 is 22.7 Å². The van der Waals surface area contributed by atoms with E-state index in [9.17, 15) is 18.3 Å². The van der Waals surface area contributed by atoms with E-state index >= 15 is 0 Å². The monoisotopic (exact) mass is 336 g/mol. The van der Waals surface area contributed by atoms with E-state index in [0.717, 1.165) is 6.07 Å². The first-order chi connectivity index (χ1) is 10.9. The first-order valence-electron chi connectivity index (χ1n) is 6.68. The van der Waals surface area contributed by atoms with Gasteiger partial charge in [-0.2, -0.15) is 0 Å². The Morgan fingerprint density at radius 1 is 1.35 bits per heavy atom. The van der Waals surface area contributed by atoms with E-state index in [1.54, 1.807) is 18.2 Å². The molecule has 2 rings (SSSR count). The number of hydrogen-bond donors (Lipinski definition) is 3. The summed E-state index contributed by atoms with van der Waals surface area (Å²) in [5, 5.41) is 12.1. The van der Waals surface area contributed by atoms with Crippen molar-refractivity contribution in [1.29, 1.82) is 0 Å². The van der Waals surface area contributed by atoms with Gasteiger partial charge in [0.1, 0.15) is 5.76 Å². The third-order valence-corrected chi connectivity index (χ3v) is 4.38. The molecule has 0 aliphatic rings. The number of hydrogen-bond acceptors (Lipinski definition) is 5. The minimum atomic E-state index is -3.85. The zero-order chi connectivity index (χ0) is 16.9. The quantitative estimate of drug-likeness (QED) is 0.637. The van der Waals surface area contributed by atoms with Crippen molar-refractivity contribution in [3.63, 3.8) is 0 Å². The summed E-state index contributed by atoms with van der Waals surface area (Å²) in [5.41, 5.74) is 0.190. The van der Waals surface area contributed by atoms with Gasteiger partial charge in [0, 0.05) is 12.2 Å². The van der Waals surface area contributed by atoms with Crippen molar-refractivity contribution in [3.8, 4) is 0 Å². The van der Waals surface area contributed by atoms with Gasteiger partial charge < -0.3 is 14.8 Å². The number of nitrogens with one attached hydrogen (secondary N) is 2. The number of carboxylic acid groups (broad SMARTS) is 1. The normalized spacial score (nSPS) is 11.1.